The second-order valence-corrected chi connectivity index (χ2v) is 3.19. The SMILES string of the molecule is CCC1CCCCN1CC#N.[Cl-]. The Kier molecular flexibility index (Phi) is 6.14. The third-order valence-electron chi connectivity index (χ3n) is 2.49. The first-order valence-electron chi connectivity index (χ1n) is 4.49. The fourth-order valence-electron chi connectivity index (χ4n) is 1.82. The van der Waals surface area contributed by atoms with Gasteiger partial charge in [-0.25, -0.2) is 0 Å². The Morgan fingerprint density at radius 3 is 2.83 bits per heavy atom. The summed E-state index contributed by atoms with van der Waals surface area (Å²) in [5, 5.41) is 8.54. The summed E-state index contributed by atoms with van der Waals surface area (Å²) in [7, 11) is 0. The van der Waals surface area contributed by atoms with Crippen molar-refractivity contribution in [2.75, 3.05) is 13.1 Å². The van der Waals surface area contributed by atoms with E-state index < -0.39 is 0 Å². The van der Waals surface area contributed by atoms with Crippen LogP contribution in [0.2, 0.25) is 0 Å². The van der Waals surface area contributed by atoms with E-state index in [1.807, 2.05) is 0 Å². The van der Waals surface area contributed by atoms with Crippen molar-refractivity contribution >= 4 is 0 Å². The smallest absolute Gasteiger partial charge is 0.0868 e. The number of nitriles is 1. The summed E-state index contributed by atoms with van der Waals surface area (Å²) in [6, 6.07) is 2.91. The van der Waals surface area contributed by atoms with Gasteiger partial charge in [0, 0.05) is 6.04 Å². The molecule has 1 aliphatic heterocycles. The lowest BCUT2D eigenvalue weighted by Crippen LogP contribution is -3.00. The van der Waals surface area contributed by atoms with E-state index in [4.69, 9.17) is 5.26 Å². The summed E-state index contributed by atoms with van der Waals surface area (Å²) in [4.78, 5) is 2.31. The summed E-state index contributed by atoms with van der Waals surface area (Å²) in [5.41, 5.74) is 0. The van der Waals surface area contributed by atoms with Crippen LogP contribution in [0.4, 0.5) is 0 Å². The molecule has 2 nitrogen and oxygen atoms in total. The van der Waals surface area contributed by atoms with Crippen LogP contribution in [0.5, 0.6) is 0 Å². The molecule has 3 heteroatoms. The van der Waals surface area contributed by atoms with Crippen LogP contribution in [0.15, 0.2) is 0 Å². The molecule has 12 heavy (non-hydrogen) atoms. The Hall–Kier alpha value is -0.260. The third kappa shape index (κ3) is 3.00. The van der Waals surface area contributed by atoms with Gasteiger partial charge in [-0.2, -0.15) is 5.26 Å². The highest BCUT2D eigenvalue weighted by Crippen LogP contribution is 2.18. The van der Waals surface area contributed by atoms with E-state index in [0.717, 1.165) is 6.54 Å². The molecule has 0 aromatic rings. The molecular weight excluding hydrogens is 172 g/mol. The van der Waals surface area contributed by atoms with E-state index in [1.54, 1.807) is 0 Å². The number of hydrogen-bond donors (Lipinski definition) is 0. The molecule has 0 amide bonds. The van der Waals surface area contributed by atoms with Gasteiger partial charge >= 0.3 is 0 Å². The lowest BCUT2D eigenvalue weighted by molar-refractivity contribution is -0.00000269. The standard InChI is InChI=1S/C9H16N2.ClH/c1-2-9-5-3-4-7-11(9)8-6-10;/h9H,2-5,7-8H2,1H3;1H/p-1. The Balaban J connectivity index is 0.00000121. The summed E-state index contributed by atoms with van der Waals surface area (Å²) in [6.07, 6.45) is 5.11. The molecule has 1 atom stereocenters. The monoisotopic (exact) mass is 187 g/mol. The fourth-order valence-corrected chi connectivity index (χ4v) is 1.82. The number of hydrogen-bond acceptors (Lipinski definition) is 2. The van der Waals surface area contributed by atoms with Crippen LogP contribution in [0, 0.1) is 11.3 Å². The summed E-state index contributed by atoms with van der Waals surface area (Å²) >= 11 is 0. The highest BCUT2D eigenvalue weighted by Gasteiger charge is 2.19. The second kappa shape index (κ2) is 6.28. The largest absolute Gasteiger partial charge is 1.00 e. The zero-order valence-corrected chi connectivity index (χ0v) is 8.35. The normalized spacial score (nSPS) is 24.2. The average molecular weight is 188 g/mol. The third-order valence-corrected chi connectivity index (χ3v) is 2.49. The molecular formula is C9H16ClN2-. The van der Waals surface area contributed by atoms with Gasteiger partial charge in [0.1, 0.15) is 0 Å². The molecule has 0 radical (unpaired) electrons. The minimum absolute atomic E-state index is 0. The Morgan fingerprint density at radius 2 is 2.25 bits per heavy atom. The van der Waals surface area contributed by atoms with Crippen LogP contribution in [0.3, 0.4) is 0 Å². The fraction of sp³-hybridized carbons (Fsp3) is 0.889. The predicted octanol–water partition coefficient (Wildman–Crippen LogP) is -1.22. The van der Waals surface area contributed by atoms with Crippen LogP contribution in [-0.2, 0) is 0 Å². The summed E-state index contributed by atoms with van der Waals surface area (Å²) < 4.78 is 0. The van der Waals surface area contributed by atoms with Crippen molar-refractivity contribution in [3.8, 4) is 6.07 Å². The molecule has 0 N–H and O–H groups in total. The van der Waals surface area contributed by atoms with Gasteiger partial charge < -0.3 is 12.4 Å². The number of piperidine rings is 1. The molecule has 1 saturated heterocycles. The maximum absolute atomic E-state index is 8.54. The van der Waals surface area contributed by atoms with Crippen LogP contribution in [-0.4, -0.2) is 24.0 Å². The van der Waals surface area contributed by atoms with Crippen molar-refractivity contribution in [3.63, 3.8) is 0 Å². The van der Waals surface area contributed by atoms with E-state index in [1.165, 1.54) is 25.7 Å². The molecule has 0 spiro atoms. The van der Waals surface area contributed by atoms with Gasteiger partial charge in [-0.15, -0.1) is 0 Å². The maximum Gasteiger partial charge on any atom is 0.0868 e. The van der Waals surface area contributed by atoms with Crippen molar-refractivity contribution in [1.29, 1.82) is 5.26 Å². The molecule has 1 fully saturated rings. The quantitative estimate of drug-likeness (QED) is 0.507. The van der Waals surface area contributed by atoms with E-state index in [2.05, 4.69) is 17.9 Å². The molecule has 0 bridgehead atoms. The first-order valence-corrected chi connectivity index (χ1v) is 4.49. The zero-order chi connectivity index (χ0) is 8.10. The lowest BCUT2D eigenvalue weighted by atomic mass is 10.0. The van der Waals surface area contributed by atoms with Gasteiger partial charge in [0.25, 0.3) is 0 Å². The Labute approximate surface area is 81.0 Å². The highest BCUT2D eigenvalue weighted by molar-refractivity contribution is 4.83. The van der Waals surface area contributed by atoms with Gasteiger partial charge in [0.15, 0.2) is 0 Å². The summed E-state index contributed by atoms with van der Waals surface area (Å²) in [6.45, 7) is 3.96. The molecule has 0 aromatic heterocycles. The molecule has 70 valence electrons. The van der Waals surface area contributed by atoms with Crippen molar-refractivity contribution < 1.29 is 12.4 Å². The van der Waals surface area contributed by atoms with Crippen molar-refractivity contribution in [1.82, 2.24) is 4.90 Å². The molecule has 1 heterocycles. The Bertz CT molecular complexity index is 153. The highest BCUT2D eigenvalue weighted by atomic mass is 35.5. The van der Waals surface area contributed by atoms with Gasteiger partial charge in [-0.1, -0.05) is 13.3 Å². The molecule has 1 rings (SSSR count). The van der Waals surface area contributed by atoms with Gasteiger partial charge in [0.2, 0.25) is 0 Å². The van der Waals surface area contributed by atoms with Crippen LogP contribution in [0.25, 0.3) is 0 Å². The van der Waals surface area contributed by atoms with E-state index in [9.17, 15) is 0 Å². The Morgan fingerprint density at radius 1 is 1.50 bits per heavy atom. The predicted molar refractivity (Wildman–Crippen MR) is 45.1 cm³/mol. The average Bonchev–Trinajstić information content (AvgIpc) is 2.06. The van der Waals surface area contributed by atoms with Crippen LogP contribution in [0.1, 0.15) is 32.6 Å². The first kappa shape index (κ1) is 11.7. The van der Waals surface area contributed by atoms with Crippen molar-refractivity contribution in [2.45, 2.75) is 38.6 Å². The second-order valence-electron chi connectivity index (χ2n) is 3.19. The minimum atomic E-state index is 0. The minimum Gasteiger partial charge on any atom is -1.00 e. The van der Waals surface area contributed by atoms with Crippen LogP contribution < -0.4 is 12.4 Å². The van der Waals surface area contributed by atoms with E-state index >= 15 is 0 Å². The molecule has 1 unspecified atom stereocenters. The topological polar surface area (TPSA) is 27.0 Å². The summed E-state index contributed by atoms with van der Waals surface area (Å²) in [5.74, 6) is 0. The van der Waals surface area contributed by atoms with Crippen LogP contribution >= 0.6 is 0 Å². The van der Waals surface area contributed by atoms with Gasteiger partial charge in [-0.3, -0.25) is 4.90 Å². The number of likely N-dealkylation sites (tertiary alicyclic amines) is 1. The molecule has 0 aromatic carbocycles. The maximum atomic E-state index is 8.54. The van der Waals surface area contributed by atoms with Crippen molar-refractivity contribution in [3.05, 3.63) is 0 Å². The van der Waals surface area contributed by atoms with E-state index in [0.29, 0.717) is 12.6 Å². The van der Waals surface area contributed by atoms with Gasteiger partial charge in [-0.05, 0) is 25.8 Å². The lowest BCUT2D eigenvalue weighted by Gasteiger charge is -2.33. The zero-order valence-electron chi connectivity index (χ0n) is 7.59. The molecule has 0 saturated carbocycles. The first-order chi connectivity index (χ1) is 5.38. The number of rotatable bonds is 2. The van der Waals surface area contributed by atoms with E-state index in [-0.39, 0.29) is 12.4 Å². The van der Waals surface area contributed by atoms with Gasteiger partial charge in [0.05, 0.1) is 12.6 Å². The number of halogens is 1. The molecule has 0 aliphatic carbocycles. The van der Waals surface area contributed by atoms with Crippen molar-refractivity contribution in [2.24, 2.45) is 0 Å². The number of nitrogens with zero attached hydrogens (tertiary/aromatic N) is 2. The molecule has 1 aliphatic rings.